The van der Waals surface area contributed by atoms with Gasteiger partial charge in [0.1, 0.15) is 29.6 Å². The molecule has 0 spiro atoms. The molecule has 2 saturated heterocycles. The summed E-state index contributed by atoms with van der Waals surface area (Å²) in [5, 5.41) is 0. The zero-order valence-electron chi connectivity index (χ0n) is 12.8. The molecule has 2 aliphatic rings. The number of amides is 1. The van der Waals surface area contributed by atoms with Crippen LogP contribution in [0.5, 0.6) is 0 Å². The number of nitrogens with zero attached hydrogens (tertiary/aromatic N) is 1. The summed E-state index contributed by atoms with van der Waals surface area (Å²) in [4.78, 5) is 13.7. The van der Waals surface area contributed by atoms with Gasteiger partial charge in [0.05, 0.1) is 12.6 Å². The van der Waals surface area contributed by atoms with E-state index >= 15 is 0 Å². The van der Waals surface area contributed by atoms with Crippen molar-refractivity contribution < 1.29 is 23.0 Å². The maximum absolute atomic E-state index is 13.4. The van der Waals surface area contributed by atoms with Crippen LogP contribution in [0.4, 0.5) is 13.6 Å². The van der Waals surface area contributed by atoms with Crippen LogP contribution in [-0.4, -0.2) is 49.1 Å². The van der Waals surface area contributed by atoms with Crippen LogP contribution in [0.25, 0.3) is 0 Å². The molecule has 0 N–H and O–H groups in total. The van der Waals surface area contributed by atoms with Gasteiger partial charge in [-0.1, -0.05) is 0 Å². The molecule has 0 bridgehead atoms. The molecule has 22 heavy (non-hydrogen) atoms. The van der Waals surface area contributed by atoms with Crippen molar-refractivity contribution in [1.82, 2.24) is 4.90 Å². The third-order valence-electron chi connectivity index (χ3n) is 4.15. The summed E-state index contributed by atoms with van der Waals surface area (Å²) >= 11 is 0. The van der Waals surface area contributed by atoms with Gasteiger partial charge in [0.25, 0.3) is 0 Å². The lowest BCUT2D eigenvalue weighted by Gasteiger charge is -2.33. The highest BCUT2D eigenvalue weighted by atomic mass is 19.1. The molecule has 0 radical (unpaired) electrons. The average Bonchev–Trinajstić information content (AvgIpc) is 3.13. The first kappa shape index (κ1) is 15.4. The maximum atomic E-state index is 13.4. The van der Waals surface area contributed by atoms with Gasteiger partial charge in [-0.3, -0.25) is 4.79 Å². The van der Waals surface area contributed by atoms with Crippen molar-refractivity contribution in [2.75, 3.05) is 6.61 Å². The van der Waals surface area contributed by atoms with E-state index in [0.717, 1.165) is 6.07 Å². The van der Waals surface area contributed by atoms with E-state index in [1.54, 1.807) is 4.90 Å². The standard InChI is InChI=1S/C15H18BF2NO3/c1-15(2)19(14(16)20)11(13(22-15)12-7-21-12)5-8-3-9(17)6-10(18)4-8/h3-4,6,11-13H,5,7,16H2,1-2H3/t11-,12+,13+/m0/s1. The van der Waals surface area contributed by atoms with Crippen LogP contribution in [0.3, 0.4) is 0 Å². The molecule has 2 heterocycles. The zero-order valence-corrected chi connectivity index (χ0v) is 12.8. The molecule has 118 valence electrons. The Labute approximate surface area is 128 Å². The van der Waals surface area contributed by atoms with Crippen molar-refractivity contribution >= 4 is 13.7 Å². The largest absolute Gasteiger partial charge is 0.370 e. The molecular weight excluding hydrogens is 291 g/mol. The third kappa shape index (κ3) is 2.87. The van der Waals surface area contributed by atoms with Gasteiger partial charge in [0.2, 0.25) is 7.85 Å². The fourth-order valence-electron chi connectivity index (χ4n) is 3.37. The molecule has 1 amide bonds. The molecule has 3 rings (SSSR count). The Bertz CT molecular complexity index is 586. The summed E-state index contributed by atoms with van der Waals surface area (Å²) in [6.07, 6.45) is -0.0281. The van der Waals surface area contributed by atoms with Crippen LogP contribution < -0.4 is 0 Å². The summed E-state index contributed by atoms with van der Waals surface area (Å²) < 4.78 is 38.1. The molecule has 7 heteroatoms. The Balaban J connectivity index is 1.91. The second-order valence-corrected chi connectivity index (χ2v) is 6.34. The Kier molecular flexibility index (Phi) is 3.73. The van der Waals surface area contributed by atoms with Crippen molar-refractivity contribution in [1.29, 1.82) is 0 Å². The van der Waals surface area contributed by atoms with Crippen LogP contribution in [0.15, 0.2) is 18.2 Å². The van der Waals surface area contributed by atoms with E-state index in [9.17, 15) is 13.6 Å². The molecule has 2 aliphatic heterocycles. The van der Waals surface area contributed by atoms with Crippen molar-refractivity contribution in [3.8, 4) is 0 Å². The normalized spacial score (nSPS) is 29.6. The molecule has 2 fully saturated rings. The predicted molar refractivity (Wildman–Crippen MR) is 78.3 cm³/mol. The Morgan fingerprint density at radius 1 is 1.36 bits per heavy atom. The van der Waals surface area contributed by atoms with E-state index in [-0.39, 0.29) is 24.1 Å². The smallest absolute Gasteiger partial charge is 0.216 e. The monoisotopic (exact) mass is 309 g/mol. The summed E-state index contributed by atoms with van der Waals surface area (Å²) in [6.45, 7) is 4.21. The van der Waals surface area contributed by atoms with E-state index in [1.807, 2.05) is 13.8 Å². The van der Waals surface area contributed by atoms with Gasteiger partial charge in [0, 0.05) is 6.07 Å². The lowest BCUT2D eigenvalue weighted by Crippen LogP contribution is -2.49. The van der Waals surface area contributed by atoms with E-state index < -0.39 is 17.4 Å². The second-order valence-electron chi connectivity index (χ2n) is 6.34. The van der Waals surface area contributed by atoms with Crippen LogP contribution in [0.2, 0.25) is 0 Å². The topological polar surface area (TPSA) is 42.1 Å². The van der Waals surface area contributed by atoms with Gasteiger partial charge < -0.3 is 14.4 Å². The average molecular weight is 309 g/mol. The quantitative estimate of drug-likeness (QED) is 0.627. The Morgan fingerprint density at radius 2 is 1.95 bits per heavy atom. The zero-order chi connectivity index (χ0) is 16.1. The van der Waals surface area contributed by atoms with Crippen LogP contribution in [-0.2, 0) is 15.9 Å². The summed E-state index contributed by atoms with van der Waals surface area (Å²) in [5.41, 5.74) is -0.264. The molecule has 1 aromatic rings. The van der Waals surface area contributed by atoms with Crippen LogP contribution in [0, 0.1) is 11.6 Å². The lowest BCUT2D eigenvalue weighted by molar-refractivity contribution is -0.0637. The summed E-state index contributed by atoms with van der Waals surface area (Å²) in [6, 6.07) is 3.11. The highest BCUT2D eigenvalue weighted by Gasteiger charge is 2.54. The van der Waals surface area contributed by atoms with Gasteiger partial charge in [-0.25, -0.2) is 8.78 Å². The first-order chi connectivity index (χ1) is 10.3. The van der Waals surface area contributed by atoms with E-state index in [1.165, 1.54) is 20.0 Å². The van der Waals surface area contributed by atoms with E-state index in [2.05, 4.69) is 0 Å². The van der Waals surface area contributed by atoms with Crippen molar-refractivity contribution in [2.45, 2.75) is 44.2 Å². The molecule has 0 saturated carbocycles. The number of hydrogen-bond donors (Lipinski definition) is 0. The first-order valence-electron chi connectivity index (χ1n) is 7.32. The highest BCUT2D eigenvalue weighted by Crippen LogP contribution is 2.38. The van der Waals surface area contributed by atoms with Crippen LogP contribution in [0.1, 0.15) is 19.4 Å². The highest BCUT2D eigenvalue weighted by molar-refractivity contribution is 6.57. The third-order valence-corrected chi connectivity index (χ3v) is 4.15. The number of carbonyl (C=O) groups excluding carboxylic acids is 1. The minimum Gasteiger partial charge on any atom is -0.370 e. The molecule has 3 atom stereocenters. The molecular formula is C15H18BF2NO3. The lowest BCUT2D eigenvalue weighted by atomic mass is 9.95. The Morgan fingerprint density at radius 3 is 2.45 bits per heavy atom. The molecule has 0 aromatic heterocycles. The van der Waals surface area contributed by atoms with Gasteiger partial charge in [-0.15, -0.1) is 0 Å². The van der Waals surface area contributed by atoms with Gasteiger partial charge in [-0.05, 0) is 38.0 Å². The van der Waals surface area contributed by atoms with Crippen LogP contribution >= 0.6 is 0 Å². The number of rotatable bonds is 3. The molecule has 4 nitrogen and oxygen atoms in total. The number of carbonyl (C=O) groups is 1. The number of epoxide rings is 1. The van der Waals surface area contributed by atoms with E-state index in [4.69, 9.17) is 9.47 Å². The van der Waals surface area contributed by atoms with Crippen molar-refractivity contribution in [2.24, 2.45) is 0 Å². The molecule has 0 unspecified atom stereocenters. The predicted octanol–water partition coefficient (Wildman–Crippen LogP) is 1.46. The summed E-state index contributed by atoms with van der Waals surface area (Å²) in [5.74, 6) is -1.38. The number of halogens is 2. The van der Waals surface area contributed by atoms with Gasteiger partial charge >= 0.3 is 0 Å². The second kappa shape index (κ2) is 5.31. The maximum Gasteiger partial charge on any atom is 0.216 e. The fourth-order valence-corrected chi connectivity index (χ4v) is 3.37. The van der Waals surface area contributed by atoms with E-state index in [0.29, 0.717) is 18.6 Å². The number of benzene rings is 1. The van der Waals surface area contributed by atoms with Gasteiger partial charge in [-0.2, -0.15) is 0 Å². The molecule has 1 aromatic carbocycles. The minimum atomic E-state index is -0.765. The minimum absolute atomic E-state index is 0.0629. The summed E-state index contributed by atoms with van der Waals surface area (Å²) in [7, 11) is 1.47. The molecule has 0 aliphatic carbocycles. The number of ether oxygens (including phenoxy) is 2. The SMILES string of the molecule is BC(=O)N1[C@@H](Cc2cc(F)cc(F)c2)[C@H]([C@H]2CO2)OC1(C)C. The fraction of sp³-hybridized carbons (Fsp3) is 0.533. The van der Waals surface area contributed by atoms with Crippen molar-refractivity contribution in [3.05, 3.63) is 35.4 Å². The number of hydrogen-bond acceptors (Lipinski definition) is 3. The Hall–Kier alpha value is -1.47. The first-order valence-corrected chi connectivity index (χ1v) is 7.32. The van der Waals surface area contributed by atoms with Gasteiger partial charge in [0.15, 0.2) is 5.81 Å². The van der Waals surface area contributed by atoms with Crippen molar-refractivity contribution in [3.63, 3.8) is 0 Å².